The van der Waals surface area contributed by atoms with Crippen molar-refractivity contribution in [3.8, 4) is 0 Å². The lowest BCUT2D eigenvalue weighted by atomic mass is 10.1. The highest BCUT2D eigenvalue weighted by Crippen LogP contribution is 2.11. The van der Waals surface area contributed by atoms with Crippen LogP contribution in [0.25, 0.3) is 0 Å². The van der Waals surface area contributed by atoms with Gasteiger partial charge in [0.25, 0.3) is 0 Å². The third-order valence-corrected chi connectivity index (χ3v) is 3.62. The molecule has 3 amide bonds. The highest BCUT2D eigenvalue weighted by atomic mass is 35.5. The van der Waals surface area contributed by atoms with Gasteiger partial charge in [-0.25, -0.2) is 0 Å². The summed E-state index contributed by atoms with van der Waals surface area (Å²) >= 11 is 5.89. The van der Waals surface area contributed by atoms with Crippen molar-refractivity contribution in [1.29, 1.82) is 0 Å². The first kappa shape index (κ1) is 18.5. The van der Waals surface area contributed by atoms with Gasteiger partial charge in [-0.05, 0) is 41.8 Å². The Morgan fingerprint density at radius 3 is 2.32 bits per heavy atom. The molecule has 6 nitrogen and oxygen atoms in total. The maximum atomic E-state index is 11.9. The molecule has 0 aromatic heterocycles. The van der Waals surface area contributed by atoms with Crippen molar-refractivity contribution in [3.63, 3.8) is 0 Å². The molecule has 0 fully saturated rings. The number of halogens is 1. The van der Waals surface area contributed by atoms with Crippen molar-refractivity contribution in [2.45, 2.75) is 12.8 Å². The SMILES string of the molecule is NC(=O)Cc1ccc(NC(=O)C(=O)NCCc2cccc(Cl)c2)cc1. The predicted molar refractivity (Wildman–Crippen MR) is 96.1 cm³/mol. The van der Waals surface area contributed by atoms with Crippen LogP contribution in [0.3, 0.4) is 0 Å². The maximum Gasteiger partial charge on any atom is 0.313 e. The minimum absolute atomic E-state index is 0.123. The molecule has 0 spiro atoms. The second-order valence-electron chi connectivity index (χ2n) is 5.43. The first-order valence-corrected chi connectivity index (χ1v) is 8.02. The number of hydrogen-bond donors (Lipinski definition) is 3. The molecular weight excluding hydrogens is 342 g/mol. The fourth-order valence-electron chi connectivity index (χ4n) is 2.19. The predicted octanol–water partition coefficient (Wildman–Crippen LogP) is 1.67. The van der Waals surface area contributed by atoms with E-state index in [0.717, 1.165) is 11.1 Å². The first-order valence-electron chi connectivity index (χ1n) is 7.65. The molecule has 4 N–H and O–H groups in total. The number of nitrogens with two attached hydrogens (primary N) is 1. The van der Waals surface area contributed by atoms with E-state index in [9.17, 15) is 14.4 Å². The Balaban J connectivity index is 1.79. The zero-order chi connectivity index (χ0) is 18.2. The number of benzene rings is 2. The van der Waals surface area contributed by atoms with Crippen molar-refractivity contribution < 1.29 is 14.4 Å². The van der Waals surface area contributed by atoms with Gasteiger partial charge in [-0.15, -0.1) is 0 Å². The normalized spacial score (nSPS) is 10.1. The zero-order valence-electron chi connectivity index (χ0n) is 13.4. The van der Waals surface area contributed by atoms with Gasteiger partial charge in [-0.2, -0.15) is 0 Å². The number of hydrogen-bond acceptors (Lipinski definition) is 3. The van der Waals surface area contributed by atoms with Gasteiger partial charge >= 0.3 is 11.8 Å². The number of amides is 3. The first-order chi connectivity index (χ1) is 11.9. The molecule has 2 aromatic rings. The number of nitrogens with one attached hydrogen (secondary N) is 2. The maximum absolute atomic E-state index is 11.9. The Hall–Kier alpha value is -2.86. The summed E-state index contributed by atoms with van der Waals surface area (Å²) in [5.74, 6) is -1.91. The largest absolute Gasteiger partial charge is 0.369 e. The van der Waals surface area contributed by atoms with E-state index < -0.39 is 17.7 Å². The summed E-state index contributed by atoms with van der Waals surface area (Å²) in [7, 11) is 0. The van der Waals surface area contributed by atoms with Crippen LogP contribution in [0, 0.1) is 0 Å². The van der Waals surface area contributed by atoms with Crippen LogP contribution in [0.1, 0.15) is 11.1 Å². The van der Waals surface area contributed by atoms with Crippen LogP contribution >= 0.6 is 11.6 Å². The van der Waals surface area contributed by atoms with E-state index in [2.05, 4.69) is 10.6 Å². The van der Waals surface area contributed by atoms with Crippen molar-refractivity contribution in [2.24, 2.45) is 5.73 Å². The highest BCUT2D eigenvalue weighted by molar-refractivity contribution is 6.39. The standard InChI is InChI=1S/C18H18ClN3O3/c19-14-3-1-2-12(10-14)8-9-21-17(24)18(25)22-15-6-4-13(5-7-15)11-16(20)23/h1-7,10H,8-9,11H2,(H2,20,23)(H,21,24)(H,22,25). The van der Waals surface area contributed by atoms with E-state index >= 15 is 0 Å². The van der Waals surface area contributed by atoms with Crippen LogP contribution in [0.2, 0.25) is 5.02 Å². The highest BCUT2D eigenvalue weighted by Gasteiger charge is 2.13. The molecule has 0 aliphatic rings. The van der Waals surface area contributed by atoms with Gasteiger partial charge in [0, 0.05) is 17.3 Å². The third kappa shape index (κ3) is 6.27. The fraction of sp³-hybridized carbons (Fsp3) is 0.167. The molecular formula is C18H18ClN3O3. The van der Waals surface area contributed by atoms with E-state index in [1.54, 1.807) is 36.4 Å². The Morgan fingerprint density at radius 2 is 1.68 bits per heavy atom. The summed E-state index contributed by atoms with van der Waals surface area (Å²) in [6.07, 6.45) is 0.694. The average molecular weight is 360 g/mol. The molecule has 25 heavy (non-hydrogen) atoms. The molecule has 0 unspecified atom stereocenters. The molecule has 0 saturated heterocycles. The Kier molecular flexibility index (Phi) is 6.54. The van der Waals surface area contributed by atoms with Crippen LogP contribution in [-0.4, -0.2) is 24.3 Å². The van der Waals surface area contributed by atoms with Crippen molar-refractivity contribution >= 4 is 35.0 Å². The molecule has 130 valence electrons. The Bertz CT molecular complexity index is 775. The van der Waals surface area contributed by atoms with Crippen LogP contribution in [0.5, 0.6) is 0 Å². The lowest BCUT2D eigenvalue weighted by Crippen LogP contribution is -2.36. The smallest absolute Gasteiger partial charge is 0.313 e. The zero-order valence-corrected chi connectivity index (χ0v) is 14.2. The fourth-order valence-corrected chi connectivity index (χ4v) is 2.40. The number of anilines is 1. The van der Waals surface area contributed by atoms with Gasteiger partial charge in [0.2, 0.25) is 5.91 Å². The van der Waals surface area contributed by atoms with Crippen molar-refractivity contribution in [2.75, 3.05) is 11.9 Å². The van der Waals surface area contributed by atoms with Crippen LogP contribution < -0.4 is 16.4 Å². The molecule has 7 heteroatoms. The summed E-state index contributed by atoms with van der Waals surface area (Å²) < 4.78 is 0. The van der Waals surface area contributed by atoms with Gasteiger partial charge < -0.3 is 16.4 Å². The Labute approximate surface area is 150 Å². The van der Waals surface area contributed by atoms with Crippen molar-refractivity contribution in [3.05, 3.63) is 64.7 Å². The molecule has 0 saturated carbocycles. The van der Waals surface area contributed by atoms with Crippen LogP contribution in [0.15, 0.2) is 48.5 Å². The number of carbonyl (C=O) groups excluding carboxylic acids is 3. The third-order valence-electron chi connectivity index (χ3n) is 3.38. The average Bonchev–Trinajstić information content (AvgIpc) is 2.56. The van der Waals surface area contributed by atoms with E-state index in [4.69, 9.17) is 17.3 Å². The van der Waals surface area contributed by atoms with Crippen LogP contribution in [-0.2, 0) is 27.2 Å². The quantitative estimate of drug-likeness (QED) is 0.684. The van der Waals surface area contributed by atoms with E-state index in [-0.39, 0.29) is 6.42 Å². The molecule has 0 bridgehead atoms. The van der Waals surface area contributed by atoms with E-state index in [1.165, 1.54) is 0 Å². The number of rotatable bonds is 6. The van der Waals surface area contributed by atoms with Gasteiger partial charge in [0.05, 0.1) is 6.42 Å². The summed E-state index contributed by atoms with van der Waals surface area (Å²) in [5, 5.41) is 5.67. The monoisotopic (exact) mass is 359 g/mol. The number of carbonyl (C=O) groups is 3. The summed E-state index contributed by atoms with van der Waals surface area (Å²) in [4.78, 5) is 34.5. The topological polar surface area (TPSA) is 101 Å². The Morgan fingerprint density at radius 1 is 0.960 bits per heavy atom. The van der Waals surface area contributed by atoms with Gasteiger partial charge in [0.15, 0.2) is 0 Å². The molecule has 0 heterocycles. The lowest BCUT2D eigenvalue weighted by molar-refractivity contribution is -0.136. The van der Waals surface area contributed by atoms with Gasteiger partial charge in [-0.3, -0.25) is 14.4 Å². The minimum atomic E-state index is -0.756. The summed E-state index contributed by atoms with van der Waals surface area (Å²) in [6, 6.07) is 13.8. The van der Waals surface area contributed by atoms with Crippen LogP contribution in [0.4, 0.5) is 5.69 Å². The number of primary amides is 1. The van der Waals surface area contributed by atoms with Gasteiger partial charge in [-0.1, -0.05) is 35.9 Å². The van der Waals surface area contributed by atoms with Gasteiger partial charge in [0.1, 0.15) is 0 Å². The minimum Gasteiger partial charge on any atom is -0.369 e. The van der Waals surface area contributed by atoms with Crippen molar-refractivity contribution in [1.82, 2.24) is 5.32 Å². The van der Waals surface area contributed by atoms with E-state index in [1.807, 2.05) is 12.1 Å². The summed E-state index contributed by atoms with van der Waals surface area (Å²) in [5.41, 5.74) is 7.28. The molecule has 0 radical (unpaired) electrons. The second-order valence-corrected chi connectivity index (χ2v) is 5.87. The summed E-state index contributed by atoms with van der Waals surface area (Å²) in [6.45, 7) is 0.324. The molecule has 2 aromatic carbocycles. The second kappa shape index (κ2) is 8.84. The van der Waals surface area contributed by atoms with E-state index in [0.29, 0.717) is 23.7 Å². The molecule has 2 rings (SSSR count). The molecule has 0 aliphatic heterocycles. The molecule has 0 atom stereocenters. The molecule has 0 aliphatic carbocycles. The lowest BCUT2D eigenvalue weighted by Gasteiger charge is -2.07.